The Hall–Kier alpha value is -2.16. The van der Waals surface area contributed by atoms with E-state index in [1.165, 1.54) is 0 Å². The molecule has 0 radical (unpaired) electrons. The first-order valence-electron chi connectivity index (χ1n) is 8.08. The molecule has 0 unspecified atom stereocenters. The third-order valence-electron chi connectivity index (χ3n) is 3.74. The number of ether oxygens (including phenoxy) is 3. The zero-order chi connectivity index (χ0) is 18.1. The number of halogens is 1. The molecule has 6 nitrogen and oxygen atoms in total. The smallest absolute Gasteiger partial charge is 0.193 e. The molecule has 7 heteroatoms. The fourth-order valence-corrected chi connectivity index (χ4v) is 2.41. The lowest BCUT2D eigenvalue weighted by Crippen LogP contribution is -2.22. The van der Waals surface area contributed by atoms with Gasteiger partial charge in [-0.05, 0) is 60.9 Å². The number of nitrogens with one attached hydrogen (secondary N) is 1. The highest BCUT2D eigenvalue weighted by atomic mass is 127. The first kappa shape index (κ1) is 21.9. The molecule has 0 heterocycles. The lowest BCUT2D eigenvalue weighted by Gasteiger charge is -2.10. The summed E-state index contributed by atoms with van der Waals surface area (Å²) in [6.07, 6.45) is 1.69. The fraction of sp³-hybridized carbons (Fsp3) is 0.316. The highest BCUT2D eigenvalue weighted by Gasteiger charge is 2.05. The summed E-state index contributed by atoms with van der Waals surface area (Å²) in [7, 11) is 4.96. The zero-order valence-electron chi connectivity index (χ0n) is 15.3. The Kier molecular flexibility index (Phi) is 9.64. The zero-order valence-corrected chi connectivity index (χ0v) is 17.7. The summed E-state index contributed by atoms with van der Waals surface area (Å²) in [4.78, 5) is 4.36. The van der Waals surface area contributed by atoms with Crippen molar-refractivity contribution in [3.63, 3.8) is 0 Å². The Morgan fingerprint density at radius 3 is 2.23 bits per heavy atom. The van der Waals surface area contributed by atoms with Crippen LogP contribution in [0, 0.1) is 0 Å². The molecule has 0 atom stereocenters. The van der Waals surface area contributed by atoms with Gasteiger partial charge in [0.25, 0.3) is 0 Å². The summed E-state index contributed by atoms with van der Waals surface area (Å²) in [5.41, 5.74) is 7.89. The van der Waals surface area contributed by atoms with Crippen LogP contribution in [0.5, 0.6) is 17.2 Å². The largest absolute Gasteiger partial charge is 0.497 e. The summed E-state index contributed by atoms with van der Waals surface area (Å²) < 4.78 is 15.8. The molecule has 2 aromatic rings. The van der Waals surface area contributed by atoms with Gasteiger partial charge in [0.15, 0.2) is 5.96 Å². The van der Waals surface area contributed by atoms with Gasteiger partial charge in [-0.1, -0.05) is 0 Å². The highest BCUT2D eigenvalue weighted by Crippen LogP contribution is 2.25. The maximum absolute atomic E-state index is 5.92. The molecule has 0 aliphatic heterocycles. The maximum atomic E-state index is 5.92. The van der Waals surface area contributed by atoms with E-state index in [-0.39, 0.29) is 24.0 Å². The van der Waals surface area contributed by atoms with Crippen LogP contribution in [0.2, 0.25) is 0 Å². The van der Waals surface area contributed by atoms with Crippen molar-refractivity contribution >= 4 is 35.6 Å². The average molecular weight is 471 g/mol. The van der Waals surface area contributed by atoms with Crippen LogP contribution in [-0.4, -0.2) is 33.8 Å². The number of methoxy groups -OCH3 is 3. The van der Waals surface area contributed by atoms with Crippen molar-refractivity contribution in [1.29, 1.82) is 0 Å². The van der Waals surface area contributed by atoms with Gasteiger partial charge < -0.3 is 25.3 Å². The van der Waals surface area contributed by atoms with Gasteiger partial charge in [0.05, 0.1) is 21.3 Å². The summed E-state index contributed by atoms with van der Waals surface area (Å²) in [6, 6.07) is 13.3. The van der Waals surface area contributed by atoms with Crippen LogP contribution < -0.4 is 25.3 Å². The van der Waals surface area contributed by atoms with E-state index >= 15 is 0 Å². The topological polar surface area (TPSA) is 78.1 Å². The Morgan fingerprint density at radius 1 is 0.962 bits per heavy atom. The second-order valence-electron chi connectivity index (χ2n) is 5.40. The van der Waals surface area contributed by atoms with Crippen molar-refractivity contribution in [2.24, 2.45) is 10.7 Å². The molecule has 0 aromatic heterocycles. The number of anilines is 1. The highest BCUT2D eigenvalue weighted by molar-refractivity contribution is 14.0. The average Bonchev–Trinajstić information content (AvgIpc) is 2.65. The van der Waals surface area contributed by atoms with Gasteiger partial charge in [-0.2, -0.15) is 0 Å². The molecule has 0 saturated carbocycles. The number of nitrogens with two attached hydrogens (primary N) is 1. The molecular weight excluding hydrogens is 445 g/mol. The predicted molar refractivity (Wildman–Crippen MR) is 116 cm³/mol. The van der Waals surface area contributed by atoms with E-state index in [4.69, 9.17) is 19.9 Å². The van der Waals surface area contributed by atoms with Gasteiger partial charge in [-0.25, -0.2) is 0 Å². The fourth-order valence-electron chi connectivity index (χ4n) is 2.41. The summed E-state index contributed by atoms with van der Waals surface area (Å²) in [5, 5.41) is 3.06. The lowest BCUT2D eigenvalue weighted by atomic mass is 10.1. The summed E-state index contributed by atoms with van der Waals surface area (Å²) >= 11 is 0. The first-order valence-corrected chi connectivity index (χ1v) is 8.08. The van der Waals surface area contributed by atoms with Crippen LogP contribution in [-0.2, 0) is 6.42 Å². The number of guanidine groups is 1. The van der Waals surface area contributed by atoms with Crippen molar-refractivity contribution in [1.82, 2.24) is 0 Å². The van der Waals surface area contributed by atoms with Gasteiger partial charge >= 0.3 is 0 Å². The normalized spacial score (nSPS) is 10.7. The standard InChI is InChI=1S/C19H25N3O3.HI/c1-23-16-8-6-15(7-9-16)22-19(20)21-12-4-5-14-13-17(24-2)10-11-18(14)25-3;/h6-11,13H,4-5,12H2,1-3H3,(H3,20,21,22);1H. The Morgan fingerprint density at radius 2 is 1.62 bits per heavy atom. The molecule has 0 saturated heterocycles. The second kappa shape index (κ2) is 11.5. The van der Waals surface area contributed by atoms with Gasteiger partial charge in [0, 0.05) is 12.2 Å². The number of aryl methyl sites for hydroxylation is 1. The van der Waals surface area contributed by atoms with E-state index in [0.29, 0.717) is 12.5 Å². The first-order chi connectivity index (χ1) is 12.2. The number of aliphatic imine (C=N–C) groups is 1. The molecule has 3 N–H and O–H groups in total. The summed E-state index contributed by atoms with van der Waals surface area (Å²) in [5.74, 6) is 2.87. The van der Waals surface area contributed by atoms with Crippen molar-refractivity contribution in [3.05, 3.63) is 48.0 Å². The minimum Gasteiger partial charge on any atom is -0.497 e. The maximum Gasteiger partial charge on any atom is 0.193 e. The van der Waals surface area contributed by atoms with E-state index in [0.717, 1.165) is 41.3 Å². The Balaban J connectivity index is 0.00000338. The number of benzene rings is 2. The predicted octanol–water partition coefficient (Wildman–Crippen LogP) is 3.69. The van der Waals surface area contributed by atoms with Crippen molar-refractivity contribution in [2.45, 2.75) is 12.8 Å². The van der Waals surface area contributed by atoms with Crippen LogP contribution in [0.3, 0.4) is 0 Å². The second-order valence-corrected chi connectivity index (χ2v) is 5.40. The minimum absolute atomic E-state index is 0. The van der Waals surface area contributed by atoms with Gasteiger partial charge in [0.2, 0.25) is 0 Å². The van der Waals surface area contributed by atoms with E-state index < -0.39 is 0 Å². The van der Waals surface area contributed by atoms with Crippen LogP contribution in [0.15, 0.2) is 47.5 Å². The Bertz CT molecular complexity index is 706. The number of rotatable bonds is 8. The van der Waals surface area contributed by atoms with Gasteiger partial charge in [-0.15, -0.1) is 24.0 Å². The number of hydrogen-bond acceptors (Lipinski definition) is 4. The molecule has 142 valence electrons. The Labute approximate surface area is 171 Å². The third kappa shape index (κ3) is 6.62. The molecule has 0 bridgehead atoms. The third-order valence-corrected chi connectivity index (χ3v) is 3.74. The van der Waals surface area contributed by atoms with Crippen LogP contribution >= 0.6 is 24.0 Å². The molecule has 0 spiro atoms. The minimum atomic E-state index is 0. The molecule has 2 rings (SSSR count). The van der Waals surface area contributed by atoms with Gasteiger partial charge in [-0.3, -0.25) is 4.99 Å². The summed E-state index contributed by atoms with van der Waals surface area (Å²) in [6.45, 7) is 0.620. The van der Waals surface area contributed by atoms with E-state index in [1.54, 1.807) is 21.3 Å². The molecule has 0 fully saturated rings. The molecular formula is C19H26IN3O3. The monoisotopic (exact) mass is 471 g/mol. The van der Waals surface area contributed by atoms with Crippen LogP contribution in [0.1, 0.15) is 12.0 Å². The SMILES string of the molecule is COc1ccc(NC(N)=NCCCc2cc(OC)ccc2OC)cc1.I. The number of hydrogen-bond donors (Lipinski definition) is 2. The molecule has 0 aliphatic rings. The van der Waals surface area contributed by atoms with Crippen LogP contribution in [0.25, 0.3) is 0 Å². The van der Waals surface area contributed by atoms with Crippen molar-refractivity contribution < 1.29 is 14.2 Å². The van der Waals surface area contributed by atoms with E-state index in [9.17, 15) is 0 Å². The van der Waals surface area contributed by atoms with Crippen LogP contribution in [0.4, 0.5) is 5.69 Å². The van der Waals surface area contributed by atoms with Gasteiger partial charge in [0.1, 0.15) is 17.2 Å². The quantitative estimate of drug-likeness (QED) is 0.266. The van der Waals surface area contributed by atoms with E-state index in [1.807, 2.05) is 42.5 Å². The van der Waals surface area contributed by atoms with Crippen molar-refractivity contribution in [2.75, 3.05) is 33.2 Å². The molecule has 26 heavy (non-hydrogen) atoms. The van der Waals surface area contributed by atoms with Crippen molar-refractivity contribution in [3.8, 4) is 17.2 Å². The molecule has 0 amide bonds. The molecule has 0 aliphatic carbocycles. The lowest BCUT2D eigenvalue weighted by molar-refractivity contribution is 0.398. The number of nitrogens with zero attached hydrogens (tertiary/aromatic N) is 1. The molecule has 2 aromatic carbocycles. The van der Waals surface area contributed by atoms with E-state index in [2.05, 4.69) is 10.3 Å².